The van der Waals surface area contributed by atoms with E-state index in [4.69, 9.17) is 15.2 Å². The summed E-state index contributed by atoms with van der Waals surface area (Å²) in [5.74, 6) is -0.252. The molecule has 0 bridgehead atoms. The van der Waals surface area contributed by atoms with Gasteiger partial charge in [-0.3, -0.25) is 0 Å². The van der Waals surface area contributed by atoms with Gasteiger partial charge in [0.05, 0.1) is 19.5 Å². The molecule has 0 spiro atoms. The number of hydrogen-bond donors (Lipinski definition) is 1. The molecule has 0 saturated carbocycles. The monoisotopic (exact) mass is 287 g/mol. The number of carbonyl (C=O) groups is 1. The normalized spacial score (nSPS) is 11.1. The van der Waals surface area contributed by atoms with Gasteiger partial charge in [0.1, 0.15) is 21.2 Å². The summed E-state index contributed by atoms with van der Waals surface area (Å²) in [6, 6.07) is 4.59. The van der Waals surface area contributed by atoms with Crippen LogP contribution in [-0.4, -0.2) is 40.1 Å². The molecule has 106 valence electrons. The third-order valence-electron chi connectivity index (χ3n) is 2.34. The number of methoxy groups -OCH3 is 1. The van der Waals surface area contributed by atoms with E-state index in [1.54, 1.807) is 6.07 Å². The van der Waals surface area contributed by atoms with Crippen LogP contribution in [0, 0.1) is 0 Å². The van der Waals surface area contributed by atoms with Crippen LogP contribution in [0.15, 0.2) is 18.2 Å². The van der Waals surface area contributed by atoms with E-state index in [0.717, 1.165) is 6.26 Å². The maximum atomic E-state index is 11.8. The Labute approximate surface area is 112 Å². The molecule has 0 heterocycles. The highest BCUT2D eigenvalue weighted by atomic mass is 32.2. The van der Waals surface area contributed by atoms with Crippen molar-refractivity contribution in [3.63, 3.8) is 0 Å². The lowest BCUT2D eigenvalue weighted by atomic mass is 10.2. The van der Waals surface area contributed by atoms with Crippen molar-refractivity contribution in [1.29, 1.82) is 0 Å². The number of nitrogen functional groups attached to an aromatic ring is 1. The largest absolute Gasteiger partial charge is 0.496 e. The lowest BCUT2D eigenvalue weighted by Crippen LogP contribution is -2.11. The van der Waals surface area contributed by atoms with E-state index in [-0.39, 0.29) is 24.3 Å². The Kier molecular flexibility index (Phi) is 5.17. The average Bonchev–Trinajstić information content (AvgIpc) is 2.33. The van der Waals surface area contributed by atoms with Crippen molar-refractivity contribution in [1.82, 2.24) is 0 Å². The number of carbonyl (C=O) groups excluding carboxylic acids is 1. The van der Waals surface area contributed by atoms with Gasteiger partial charge >= 0.3 is 5.97 Å². The van der Waals surface area contributed by atoms with Crippen molar-refractivity contribution >= 4 is 21.5 Å². The first kappa shape index (κ1) is 15.3. The van der Waals surface area contributed by atoms with Crippen LogP contribution < -0.4 is 10.5 Å². The highest BCUT2D eigenvalue weighted by molar-refractivity contribution is 7.90. The Balaban J connectivity index is 2.59. The number of rotatable bonds is 6. The second kappa shape index (κ2) is 6.42. The molecule has 19 heavy (non-hydrogen) atoms. The molecule has 0 radical (unpaired) electrons. The minimum absolute atomic E-state index is 0.0147. The topological polar surface area (TPSA) is 95.7 Å². The van der Waals surface area contributed by atoms with E-state index in [9.17, 15) is 13.2 Å². The first-order chi connectivity index (χ1) is 8.83. The molecule has 7 heteroatoms. The first-order valence-corrected chi connectivity index (χ1v) is 7.68. The molecule has 1 aromatic rings. The standard InChI is InChI=1S/C12H17NO5S/c1-17-11-8-9(13)4-5-10(11)12(14)18-6-3-7-19(2,15)16/h4-5,8H,3,6-7,13H2,1-2H3. The Morgan fingerprint density at radius 3 is 2.63 bits per heavy atom. The van der Waals surface area contributed by atoms with Crippen LogP contribution in [0.2, 0.25) is 0 Å². The molecule has 2 N–H and O–H groups in total. The minimum Gasteiger partial charge on any atom is -0.496 e. The lowest BCUT2D eigenvalue weighted by molar-refractivity contribution is 0.0502. The predicted octanol–water partition coefficient (Wildman–Crippen LogP) is 0.869. The molecule has 0 aromatic heterocycles. The second-order valence-electron chi connectivity index (χ2n) is 4.08. The average molecular weight is 287 g/mol. The zero-order valence-electron chi connectivity index (χ0n) is 10.9. The molecule has 0 unspecified atom stereocenters. The third kappa shape index (κ3) is 5.17. The van der Waals surface area contributed by atoms with Crippen LogP contribution >= 0.6 is 0 Å². The number of ether oxygens (including phenoxy) is 2. The lowest BCUT2D eigenvalue weighted by Gasteiger charge is -2.09. The summed E-state index contributed by atoms with van der Waals surface area (Å²) in [7, 11) is -1.61. The molecule has 6 nitrogen and oxygen atoms in total. The summed E-state index contributed by atoms with van der Waals surface area (Å²) in [6.45, 7) is 0.0411. The van der Waals surface area contributed by atoms with Crippen molar-refractivity contribution in [2.24, 2.45) is 0 Å². The van der Waals surface area contributed by atoms with Gasteiger partial charge in [-0.25, -0.2) is 13.2 Å². The van der Waals surface area contributed by atoms with Gasteiger partial charge in [-0.15, -0.1) is 0 Å². The second-order valence-corrected chi connectivity index (χ2v) is 6.34. The van der Waals surface area contributed by atoms with E-state index in [1.807, 2.05) is 0 Å². The van der Waals surface area contributed by atoms with Crippen LogP contribution in [0.1, 0.15) is 16.8 Å². The molecule has 0 atom stereocenters. The van der Waals surface area contributed by atoms with Crippen LogP contribution in [0.5, 0.6) is 5.75 Å². The van der Waals surface area contributed by atoms with Crippen molar-refractivity contribution in [3.05, 3.63) is 23.8 Å². The van der Waals surface area contributed by atoms with Gasteiger partial charge < -0.3 is 15.2 Å². The van der Waals surface area contributed by atoms with Gasteiger partial charge in [-0.1, -0.05) is 0 Å². The van der Waals surface area contributed by atoms with Crippen molar-refractivity contribution < 1.29 is 22.7 Å². The molecule has 1 rings (SSSR count). The smallest absolute Gasteiger partial charge is 0.341 e. The van der Waals surface area contributed by atoms with Crippen molar-refractivity contribution in [2.75, 3.05) is 31.5 Å². The Bertz CT molecular complexity index is 553. The van der Waals surface area contributed by atoms with Gasteiger partial charge in [0, 0.05) is 18.0 Å². The third-order valence-corrected chi connectivity index (χ3v) is 3.37. The summed E-state index contributed by atoms with van der Waals surface area (Å²) in [6.07, 6.45) is 1.40. The molecular weight excluding hydrogens is 270 g/mol. The number of esters is 1. The van der Waals surface area contributed by atoms with Gasteiger partial charge in [-0.05, 0) is 18.6 Å². The summed E-state index contributed by atoms with van der Waals surface area (Å²) in [5, 5.41) is 0. The van der Waals surface area contributed by atoms with Crippen LogP contribution in [0.3, 0.4) is 0 Å². The molecule has 0 saturated heterocycles. The molecular formula is C12H17NO5S. The number of anilines is 1. The van der Waals surface area contributed by atoms with Gasteiger partial charge in [0.25, 0.3) is 0 Å². The zero-order chi connectivity index (χ0) is 14.5. The zero-order valence-corrected chi connectivity index (χ0v) is 11.7. The molecule has 0 aliphatic carbocycles. The Morgan fingerprint density at radius 2 is 2.05 bits per heavy atom. The first-order valence-electron chi connectivity index (χ1n) is 5.62. The molecule has 1 aromatic carbocycles. The van der Waals surface area contributed by atoms with Gasteiger partial charge in [0.15, 0.2) is 0 Å². The molecule has 0 fully saturated rings. The SMILES string of the molecule is COc1cc(N)ccc1C(=O)OCCCS(C)(=O)=O. The fourth-order valence-electron chi connectivity index (χ4n) is 1.44. The summed E-state index contributed by atoms with van der Waals surface area (Å²) in [4.78, 5) is 11.8. The number of nitrogens with two attached hydrogens (primary N) is 1. The number of benzene rings is 1. The fourth-order valence-corrected chi connectivity index (χ4v) is 2.08. The number of sulfone groups is 1. The Morgan fingerprint density at radius 1 is 1.37 bits per heavy atom. The van der Waals surface area contributed by atoms with Crippen molar-refractivity contribution in [2.45, 2.75) is 6.42 Å². The van der Waals surface area contributed by atoms with E-state index < -0.39 is 15.8 Å². The minimum atomic E-state index is -3.04. The van der Waals surface area contributed by atoms with Crippen LogP contribution in [0.4, 0.5) is 5.69 Å². The van der Waals surface area contributed by atoms with Crippen LogP contribution in [-0.2, 0) is 14.6 Å². The fraction of sp³-hybridized carbons (Fsp3) is 0.417. The summed E-state index contributed by atoms with van der Waals surface area (Å²) >= 11 is 0. The predicted molar refractivity (Wildman–Crippen MR) is 72.0 cm³/mol. The Hall–Kier alpha value is -1.76. The quantitative estimate of drug-likeness (QED) is 0.474. The highest BCUT2D eigenvalue weighted by Crippen LogP contribution is 2.22. The molecule has 0 aliphatic heterocycles. The van der Waals surface area contributed by atoms with Crippen LogP contribution in [0.25, 0.3) is 0 Å². The number of hydrogen-bond acceptors (Lipinski definition) is 6. The highest BCUT2D eigenvalue weighted by Gasteiger charge is 2.14. The maximum absolute atomic E-state index is 11.8. The summed E-state index contributed by atoms with van der Waals surface area (Å²) < 4.78 is 31.8. The van der Waals surface area contributed by atoms with E-state index >= 15 is 0 Å². The van der Waals surface area contributed by atoms with Gasteiger partial charge in [0.2, 0.25) is 0 Å². The molecule has 0 aliphatic rings. The maximum Gasteiger partial charge on any atom is 0.341 e. The van der Waals surface area contributed by atoms with Gasteiger partial charge in [-0.2, -0.15) is 0 Å². The summed E-state index contributed by atoms with van der Waals surface area (Å²) in [5.41, 5.74) is 6.31. The van der Waals surface area contributed by atoms with E-state index in [0.29, 0.717) is 11.4 Å². The van der Waals surface area contributed by atoms with E-state index in [2.05, 4.69) is 0 Å². The molecule has 0 amide bonds. The van der Waals surface area contributed by atoms with Crippen molar-refractivity contribution in [3.8, 4) is 5.75 Å². The van der Waals surface area contributed by atoms with E-state index in [1.165, 1.54) is 19.2 Å².